The lowest BCUT2D eigenvalue weighted by Crippen LogP contribution is -2.31. The molecule has 0 aromatic rings. The summed E-state index contributed by atoms with van der Waals surface area (Å²) in [6, 6.07) is 5.87. The lowest BCUT2D eigenvalue weighted by Gasteiger charge is -2.27. The third kappa shape index (κ3) is 3.63. The zero-order valence-electron chi connectivity index (χ0n) is 10.6. The minimum atomic E-state index is -0.872. The monoisotopic (exact) mass is 226 g/mol. The second-order valence-corrected chi connectivity index (χ2v) is 10.3. The Morgan fingerprint density at radius 1 is 1.20 bits per heavy atom. The molecule has 0 saturated heterocycles. The topological polar surface area (TPSA) is 24.4 Å². The van der Waals surface area contributed by atoms with E-state index in [1.54, 1.807) is 0 Å². The average Bonchev–Trinajstić information content (AvgIpc) is 2.78. The zero-order chi connectivity index (χ0) is 11.1. The van der Waals surface area contributed by atoms with E-state index >= 15 is 0 Å². The Bertz CT molecular complexity index is 201. The van der Waals surface area contributed by atoms with Crippen LogP contribution < -0.4 is 5.32 Å². The van der Waals surface area contributed by atoms with Gasteiger partial charge in [0.05, 0.1) is 20.5 Å². The fraction of sp³-hybridized carbons (Fsp3) is 0.917. The standard InChI is InChI=1S/C12H26N2Si/c1-4-15(5-2,6-3)11-7-8-12-13-9-10-14-12/h4-11H2,1-3H3,(H,13,14). The Balaban J connectivity index is 2.27. The van der Waals surface area contributed by atoms with Gasteiger partial charge in [-0.1, -0.05) is 44.9 Å². The minimum Gasteiger partial charge on any atom is -0.372 e. The van der Waals surface area contributed by atoms with Crippen molar-refractivity contribution in [2.45, 2.75) is 57.8 Å². The molecule has 0 aliphatic carbocycles. The highest BCUT2D eigenvalue weighted by molar-refractivity contribution is 6.79. The molecule has 1 aliphatic rings. The van der Waals surface area contributed by atoms with Gasteiger partial charge < -0.3 is 5.32 Å². The molecule has 0 saturated carbocycles. The highest BCUT2D eigenvalue weighted by Crippen LogP contribution is 2.27. The number of nitrogens with one attached hydrogen (secondary N) is 1. The van der Waals surface area contributed by atoms with Crippen LogP contribution in [0.25, 0.3) is 0 Å². The van der Waals surface area contributed by atoms with Gasteiger partial charge in [0.15, 0.2) is 0 Å². The first-order chi connectivity index (χ1) is 7.26. The van der Waals surface area contributed by atoms with Crippen LogP contribution in [0.1, 0.15) is 33.6 Å². The summed E-state index contributed by atoms with van der Waals surface area (Å²) in [5.74, 6) is 1.27. The maximum Gasteiger partial charge on any atom is 0.0964 e. The summed E-state index contributed by atoms with van der Waals surface area (Å²) < 4.78 is 0. The maximum atomic E-state index is 4.45. The summed E-state index contributed by atoms with van der Waals surface area (Å²) in [4.78, 5) is 4.45. The predicted molar refractivity (Wildman–Crippen MR) is 71.5 cm³/mol. The molecule has 0 aromatic carbocycles. The second kappa shape index (κ2) is 6.31. The van der Waals surface area contributed by atoms with Gasteiger partial charge in [-0.3, -0.25) is 4.99 Å². The number of hydrogen-bond donors (Lipinski definition) is 1. The molecule has 0 unspecified atom stereocenters. The summed E-state index contributed by atoms with van der Waals surface area (Å²) in [5.41, 5.74) is 0. The molecule has 0 atom stereocenters. The molecule has 1 aliphatic heterocycles. The van der Waals surface area contributed by atoms with E-state index in [-0.39, 0.29) is 0 Å². The van der Waals surface area contributed by atoms with Crippen LogP contribution in [0.2, 0.25) is 24.2 Å². The molecule has 1 rings (SSSR count). The molecule has 1 N–H and O–H groups in total. The van der Waals surface area contributed by atoms with E-state index in [1.807, 2.05) is 0 Å². The van der Waals surface area contributed by atoms with Gasteiger partial charge in [-0.2, -0.15) is 0 Å². The zero-order valence-corrected chi connectivity index (χ0v) is 11.6. The largest absolute Gasteiger partial charge is 0.372 e. The Kier molecular flexibility index (Phi) is 5.36. The van der Waals surface area contributed by atoms with Crippen molar-refractivity contribution in [2.24, 2.45) is 4.99 Å². The summed E-state index contributed by atoms with van der Waals surface area (Å²) >= 11 is 0. The molecule has 3 heteroatoms. The molecule has 0 amide bonds. The van der Waals surface area contributed by atoms with Crippen LogP contribution in [0.5, 0.6) is 0 Å². The Morgan fingerprint density at radius 3 is 2.33 bits per heavy atom. The van der Waals surface area contributed by atoms with Gasteiger partial charge in [-0.25, -0.2) is 0 Å². The smallest absolute Gasteiger partial charge is 0.0964 e. The van der Waals surface area contributed by atoms with E-state index in [9.17, 15) is 0 Å². The molecule has 0 aromatic heterocycles. The molecule has 0 bridgehead atoms. The van der Waals surface area contributed by atoms with Gasteiger partial charge >= 0.3 is 0 Å². The lowest BCUT2D eigenvalue weighted by molar-refractivity contribution is 0.897. The normalized spacial score (nSPS) is 16.3. The van der Waals surface area contributed by atoms with Crippen LogP contribution in [-0.2, 0) is 0 Å². The van der Waals surface area contributed by atoms with E-state index in [0.29, 0.717) is 0 Å². The number of nitrogens with zero attached hydrogens (tertiary/aromatic N) is 1. The maximum absolute atomic E-state index is 4.45. The Hall–Kier alpha value is -0.313. The fourth-order valence-corrected chi connectivity index (χ4v) is 6.01. The van der Waals surface area contributed by atoms with Crippen LogP contribution in [0.3, 0.4) is 0 Å². The van der Waals surface area contributed by atoms with E-state index < -0.39 is 8.07 Å². The van der Waals surface area contributed by atoms with Crippen molar-refractivity contribution in [3.63, 3.8) is 0 Å². The Labute approximate surface area is 95.6 Å². The van der Waals surface area contributed by atoms with Gasteiger partial charge in [0.2, 0.25) is 0 Å². The van der Waals surface area contributed by atoms with Gasteiger partial charge in [0, 0.05) is 13.0 Å². The van der Waals surface area contributed by atoms with Gasteiger partial charge in [-0.15, -0.1) is 0 Å². The number of hydrogen-bond acceptors (Lipinski definition) is 2. The molecule has 0 fully saturated rings. The SMILES string of the molecule is CC[Si](CC)(CC)CCCC1=NCCN1. The van der Waals surface area contributed by atoms with Crippen LogP contribution in [0.15, 0.2) is 4.99 Å². The molecular formula is C12H26N2Si. The van der Waals surface area contributed by atoms with Crippen molar-refractivity contribution in [1.82, 2.24) is 5.32 Å². The van der Waals surface area contributed by atoms with Crippen molar-refractivity contribution in [3.8, 4) is 0 Å². The van der Waals surface area contributed by atoms with Crippen molar-refractivity contribution < 1.29 is 0 Å². The highest BCUT2D eigenvalue weighted by atomic mass is 28.3. The first kappa shape index (κ1) is 12.8. The van der Waals surface area contributed by atoms with E-state index in [4.69, 9.17) is 0 Å². The molecule has 0 spiro atoms. The van der Waals surface area contributed by atoms with Gasteiger partial charge in [-0.05, 0) is 6.42 Å². The van der Waals surface area contributed by atoms with Crippen molar-refractivity contribution in [2.75, 3.05) is 13.1 Å². The van der Waals surface area contributed by atoms with Gasteiger partial charge in [0.25, 0.3) is 0 Å². The third-order valence-corrected chi connectivity index (χ3v) is 10.0. The molecule has 88 valence electrons. The summed E-state index contributed by atoms with van der Waals surface area (Å²) in [6.07, 6.45) is 2.54. The number of amidine groups is 1. The minimum absolute atomic E-state index is 0.872. The fourth-order valence-electron chi connectivity index (χ4n) is 2.53. The number of aliphatic imine (C=N–C) groups is 1. The predicted octanol–water partition coefficient (Wildman–Crippen LogP) is 3.28. The highest BCUT2D eigenvalue weighted by Gasteiger charge is 2.25. The van der Waals surface area contributed by atoms with E-state index in [1.165, 1.54) is 42.9 Å². The molecular weight excluding hydrogens is 200 g/mol. The van der Waals surface area contributed by atoms with Crippen LogP contribution in [-0.4, -0.2) is 27.0 Å². The summed E-state index contributed by atoms with van der Waals surface area (Å²) in [5, 5.41) is 3.36. The van der Waals surface area contributed by atoms with E-state index in [2.05, 4.69) is 31.1 Å². The summed E-state index contributed by atoms with van der Waals surface area (Å²) in [7, 11) is -0.872. The Morgan fingerprint density at radius 2 is 1.87 bits per heavy atom. The molecule has 15 heavy (non-hydrogen) atoms. The van der Waals surface area contributed by atoms with Crippen LogP contribution in [0, 0.1) is 0 Å². The molecule has 0 radical (unpaired) electrons. The van der Waals surface area contributed by atoms with Crippen LogP contribution in [0.4, 0.5) is 0 Å². The third-order valence-electron chi connectivity index (χ3n) is 4.11. The van der Waals surface area contributed by atoms with Crippen molar-refractivity contribution in [3.05, 3.63) is 0 Å². The molecule has 1 heterocycles. The van der Waals surface area contributed by atoms with Gasteiger partial charge in [0.1, 0.15) is 0 Å². The first-order valence-electron chi connectivity index (χ1n) is 6.53. The quantitative estimate of drug-likeness (QED) is 0.662. The van der Waals surface area contributed by atoms with Crippen molar-refractivity contribution in [1.29, 1.82) is 0 Å². The van der Waals surface area contributed by atoms with Crippen LogP contribution >= 0.6 is 0 Å². The van der Waals surface area contributed by atoms with Crippen molar-refractivity contribution >= 4 is 13.9 Å². The summed E-state index contributed by atoms with van der Waals surface area (Å²) in [6.45, 7) is 9.24. The lowest BCUT2D eigenvalue weighted by atomic mass is 10.3. The first-order valence-corrected chi connectivity index (χ1v) is 9.36. The number of rotatable bonds is 7. The second-order valence-electron chi connectivity index (χ2n) is 4.67. The average molecular weight is 226 g/mol. The van der Waals surface area contributed by atoms with E-state index in [0.717, 1.165) is 13.1 Å². The molecule has 2 nitrogen and oxygen atoms in total.